The quantitative estimate of drug-likeness (QED) is 0.672. The molecule has 0 aliphatic carbocycles. The van der Waals surface area contributed by atoms with Crippen LogP contribution in [-0.2, 0) is 4.74 Å². The zero-order chi connectivity index (χ0) is 19.2. The summed E-state index contributed by atoms with van der Waals surface area (Å²) >= 11 is 0. The van der Waals surface area contributed by atoms with E-state index in [9.17, 15) is 14.0 Å². The fourth-order valence-electron chi connectivity index (χ4n) is 2.24. The lowest BCUT2D eigenvalue weighted by atomic mass is 10.2. The Morgan fingerprint density at radius 1 is 1.04 bits per heavy atom. The minimum atomic E-state index is -0.466. The molecule has 0 spiro atoms. The van der Waals surface area contributed by atoms with Crippen molar-refractivity contribution < 1.29 is 18.7 Å². The van der Waals surface area contributed by atoms with Crippen LogP contribution in [0.1, 0.15) is 20.8 Å². The number of benzene rings is 2. The van der Waals surface area contributed by atoms with Gasteiger partial charge in [-0.05, 0) is 48.5 Å². The van der Waals surface area contributed by atoms with Crippen LogP contribution >= 0.6 is 0 Å². The number of esters is 1. The fourth-order valence-corrected chi connectivity index (χ4v) is 2.24. The van der Waals surface area contributed by atoms with Crippen molar-refractivity contribution in [3.63, 3.8) is 0 Å². The molecule has 2 N–H and O–H groups in total. The van der Waals surface area contributed by atoms with E-state index in [4.69, 9.17) is 0 Å². The summed E-state index contributed by atoms with van der Waals surface area (Å²) in [5, 5.41) is 5.55. The third-order valence-electron chi connectivity index (χ3n) is 3.53. The predicted molar refractivity (Wildman–Crippen MR) is 97.4 cm³/mol. The fraction of sp³-hybridized carbons (Fsp3) is 0.0526. The van der Waals surface area contributed by atoms with Gasteiger partial charge in [0.05, 0.1) is 12.7 Å². The van der Waals surface area contributed by atoms with Crippen LogP contribution in [0, 0.1) is 5.82 Å². The number of methoxy groups -OCH3 is 1. The lowest BCUT2D eigenvalue weighted by Gasteiger charge is -2.08. The van der Waals surface area contributed by atoms with E-state index in [2.05, 4.69) is 25.3 Å². The first-order chi connectivity index (χ1) is 13.0. The van der Waals surface area contributed by atoms with Crippen molar-refractivity contribution >= 4 is 29.2 Å². The molecule has 3 rings (SSSR count). The number of anilines is 3. The van der Waals surface area contributed by atoms with Gasteiger partial charge >= 0.3 is 5.97 Å². The molecular formula is C19H15FN4O3. The largest absolute Gasteiger partial charge is 0.465 e. The van der Waals surface area contributed by atoms with Gasteiger partial charge in [-0.25, -0.2) is 19.2 Å². The van der Waals surface area contributed by atoms with Gasteiger partial charge in [0.1, 0.15) is 11.5 Å². The highest BCUT2D eigenvalue weighted by molar-refractivity contribution is 6.03. The van der Waals surface area contributed by atoms with Crippen LogP contribution in [0.15, 0.2) is 60.8 Å². The van der Waals surface area contributed by atoms with Crippen molar-refractivity contribution in [1.29, 1.82) is 0 Å². The first kappa shape index (κ1) is 18.0. The minimum Gasteiger partial charge on any atom is -0.465 e. The van der Waals surface area contributed by atoms with E-state index in [1.807, 2.05) is 0 Å². The summed E-state index contributed by atoms with van der Waals surface area (Å²) in [4.78, 5) is 32.1. The first-order valence-corrected chi connectivity index (χ1v) is 7.90. The lowest BCUT2D eigenvalue weighted by molar-refractivity contribution is 0.0600. The molecule has 0 unspecified atom stereocenters. The van der Waals surface area contributed by atoms with Gasteiger partial charge in [-0.15, -0.1) is 0 Å². The van der Waals surface area contributed by atoms with Gasteiger partial charge in [0.25, 0.3) is 5.91 Å². The van der Waals surface area contributed by atoms with E-state index in [0.29, 0.717) is 16.9 Å². The maximum absolute atomic E-state index is 12.9. The number of carbonyl (C=O) groups is 2. The van der Waals surface area contributed by atoms with E-state index in [0.717, 1.165) is 0 Å². The summed E-state index contributed by atoms with van der Waals surface area (Å²) in [5.41, 5.74) is 1.50. The molecule has 0 aliphatic rings. The van der Waals surface area contributed by atoms with E-state index < -0.39 is 17.7 Å². The molecule has 27 heavy (non-hydrogen) atoms. The molecule has 7 nitrogen and oxygen atoms in total. The number of rotatable bonds is 5. The van der Waals surface area contributed by atoms with Crippen molar-refractivity contribution in [2.45, 2.75) is 0 Å². The minimum absolute atomic E-state index is 0.126. The zero-order valence-corrected chi connectivity index (χ0v) is 14.3. The highest BCUT2D eigenvalue weighted by Gasteiger charge is 2.11. The Morgan fingerprint density at radius 3 is 2.56 bits per heavy atom. The smallest absolute Gasteiger partial charge is 0.337 e. The molecule has 2 aromatic carbocycles. The lowest BCUT2D eigenvalue weighted by Crippen LogP contribution is -2.14. The number of nitrogens with one attached hydrogen (secondary N) is 2. The van der Waals surface area contributed by atoms with Gasteiger partial charge in [0.15, 0.2) is 0 Å². The Labute approximate surface area is 154 Å². The number of hydrogen-bond donors (Lipinski definition) is 2. The SMILES string of the molecule is COC(=O)c1cccc(Nc2nccc(C(=O)Nc3ccc(F)cc3)n2)c1. The van der Waals surface area contributed by atoms with Crippen LogP contribution in [0.25, 0.3) is 0 Å². The van der Waals surface area contributed by atoms with Crippen molar-refractivity contribution in [2.75, 3.05) is 17.7 Å². The maximum Gasteiger partial charge on any atom is 0.337 e. The van der Waals surface area contributed by atoms with Gasteiger partial charge < -0.3 is 15.4 Å². The summed E-state index contributed by atoms with van der Waals surface area (Å²) in [6.45, 7) is 0. The van der Waals surface area contributed by atoms with Gasteiger partial charge in [-0.3, -0.25) is 4.79 Å². The number of nitrogens with zero attached hydrogens (tertiary/aromatic N) is 2. The number of ether oxygens (including phenoxy) is 1. The van der Waals surface area contributed by atoms with Crippen molar-refractivity contribution in [1.82, 2.24) is 9.97 Å². The molecule has 0 bridgehead atoms. The van der Waals surface area contributed by atoms with Crippen LogP contribution in [0.4, 0.5) is 21.7 Å². The molecule has 0 saturated carbocycles. The van der Waals surface area contributed by atoms with Gasteiger partial charge in [-0.2, -0.15) is 0 Å². The summed E-state index contributed by atoms with van der Waals surface area (Å²) in [6.07, 6.45) is 1.43. The van der Waals surface area contributed by atoms with Crippen LogP contribution in [-0.4, -0.2) is 29.0 Å². The average Bonchev–Trinajstić information content (AvgIpc) is 2.69. The van der Waals surface area contributed by atoms with Crippen molar-refractivity contribution in [3.8, 4) is 0 Å². The topological polar surface area (TPSA) is 93.2 Å². The Morgan fingerprint density at radius 2 is 1.81 bits per heavy atom. The molecule has 1 aromatic heterocycles. The van der Waals surface area contributed by atoms with Crippen LogP contribution in [0.5, 0.6) is 0 Å². The Kier molecular flexibility index (Phi) is 5.36. The zero-order valence-electron chi connectivity index (χ0n) is 14.3. The van der Waals surface area contributed by atoms with E-state index in [1.165, 1.54) is 43.6 Å². The Balaban J connectivity index is 1.74. The van der Waals surface area contributed by atoms with Gasteiger partial charge in [0, 0.05) is 17.6 Å². The number of hydrogen-bond acceptors (Lipinski definition) is 6. The summed E-state index contributed by atoms with van der Waals surface area (Å²) in [6, 6.07) is 13.5. The predicted octanol–water partition coefficient (Wildman–Crippen LogP) is 3.40. The van der Waals surface area contributed by atoms with E-state index >= 15 is 0 Å². The Hall–Kier alpha value is -3.81. The molecule has 0 atom stereocenters. The molecule has 136 valence electrons. The second-order valence-corrected chi connectivity index (χ2v) is 5.42. The average molecular weight is 366 g/mol. The van der Waals surface area contributed by atoms with Crippen LogP contribution < -0.4 is 10.6 Å². The number of halogens is 1. The number of aromatic nitrogens is 2. The third kappa shape index (κ3) is 4.63. The molecule has 0 saturated heterocycles. The Bertz CT molecular complexity index is 977. The molecule has 0 aliphatic heterocycles. The van der Waals surface area contributed by atoms with Gasteiger partial charge in [0.2, 0.25) is 5.95 Å². The van der Waals surface area contributed by atoms with E-state index in [-0.39, 0.29) is 11.6 Å². The molecule has 0 radical (unpaired) electrons. The van der Waals surface area contributed by atoms with Crippen molar-refractivity contribution in [2.24, 2.45) is 0 Å². The number of amides is 1. The molecular weight excluding hydrogens is 351 g/mol. The summed E-state index contributed by atoms with van der Waals surface area (Å²) in [7, 11) is 1.30. The summed E-state index contributed by atoms with van der Waals surface area (Å²) in [5.74, 6) is -1.14. The second kappa shape index (κ2) is 8.05. The highest BCUT2D eigenvalue weighted by Crippen LogP contribution is 2.16. The second-order valence-electron chi connectivity index (χ2n) is 5.42. The van der Waals surface area contributed by atoms with E-state index in [1.54, 1.807) is 24.3 Å². The molecule has 0 fully saturated rings. The molecule has 3 aromatic rings. The van der Waals surface area contributed by atoms with Crippen molar-refractivity contribution in [3.05, 3.63) is 77.9 Å². The van der Waals surface area contributed by atoms with Crippen LogP contribution in [0.2, 0.25) is 0 Å². The normalized spacial score (nSPS) is 10.1. The molecule has 1 amide bonds. The first-order valence-electron chi connectivity index (χ1n) is 7.90. The number of carbonyl (C=O) groups excluding carboxylic acids is 2. The maximum atomic E-state index is 12.9. The summed E-state index contributed by atoms with van der Waals surface area (Å²) < 4.78 is 17.6. The third-order valence-corrected chi connectivity index (χ3v) is 3.53. The molecule has 1 heterocycles. The standard InChI is InChI=1S/C19H15FN4O3/c1-27-18(26)12-3-2-4-15(11-12)23-19-21-10-9-16(24-19)17(25)22-14-7-5-13(20)6-8-14/h2-11H,1H3,(H,22,25)(H,21,23,24). The van der Waals surface area contributed by atoms with Gasteiger partial charge in [-0.1, -0.05) is 6.07 Å². The van der Waals surface area contributed by atoms with Crippen LogP contribution in [0.3, 0.4) is 0 Å². The molecule has 8 heteroatoms. The monoisotopic (exact) mass is 366 g/mol. The highest BCUT2D eigenvalue weighted by atomic mass is 19.1.